The third kappa shape index (κ3) is 2.82. The molecule has 2 aromatic rings. The second-order valence-corrected chi connectivity index (χ2v) is 5.18. The molecular formula is C16H18N2O. The zero-order valence-electron chi connectivity index (χ0n) is 10.9. The van der Waals surface area contributed by atoms with Crippen molar-refractivity contribution in [3.63, 3.8) is 0 Å². The number of nitrogens with one attached hydrogen (secondary N) is 1. The summed E-state index contributed by atoms with van der Waals surface area (Å²) in [6.45, 7) is 1.87. The fourth-order valence-corrected chi connectivity index (χ4v) is 2.66. The largest absolute Gasteiger partial charge is 0.316 e. The van der Waals surface area contributed by atoms with E-state index in [9.17, 15) is 4.79 Å². The maximum atomic E-state index is 12.2. The lowest BCUT2D eigenvalue weighted by Crippen LogP contribution is -2.35. The predicted molar refractivity (Wildman–Crippen MR) is 76.0 cm³/mol. The Bertz CT molecular complexity index is 588. The molecule has 98 valence electrons. The first-order chi connectivity index (χ1) is 9.33. The number of Topliss-reactive ketones (excluding diaryl/α,β-unsaturated/α-hetero) is 1. The number of pyridine rings is 1. The number of aromatic nitrogens is 1. The molecule has 1 N–H and O–H groups in total. The number of ketones is 1. The van der Waals surface area contributed by atoms with E-state index >= 15 is 0 Å². The molecule has 1 fully saturated rings. The smallest absolute Gasteiger partial charge is 0.143 e. The highest BCUT2D eigenvalue weighted by atomic mass is 16.1. The van der Waals surface area contributed by atoms with Gasteiger partial charge >= 0.3 is 0 Å². The highest BCUT2D eigenvalue weighted by molar-refractivity contribution is 5.84. The molecule has 1 aliphatic rings. The van der Waals surface area contributed by atoms with Gasteiger partial charge in [0.15, 0.2) is 0 Å². The van der Waals surface area contributed by atoms with Crippen LogP contribution in [-0.4, -0.2) is 23.9 Å². The summed E-state index contributed by atoms with van der Waals surface area (Å²) in [5, 5.41) is 4.41. The number of carbonyl (C=O) groups is 1. The molecule has 1 aromatic carbocycles. The number of rotatable bonds is 3. The molecule has 0 bridgehead atoms. The summed E-state index contributed by atoms with van der Waals surface area (Å²) in [7, 11) is 0. The number of hydrogen-bond donors (Lipinski definition) is 1. The highest BCUT2D eigenvalue weighted by Crippen LogP contribution is 2.16. The minimum absolute atomic E-state index is 0.169. The summed E-state index contributed by atoms with van der Waals surface area (Å²) in [6, 6.07) is 12.0. The molecule has 1 saturated heterocycles. The summed E-state index contributed by atoms with van der Waals surface area (Å²) < 4.78 is 0. The maximum Gasteiger partial charge on any atom is 0.143 e. The molecule has 0 radical (unpaired) electrons. The van der Waals surface area contributed by atoms with E-state index in [2.05, 4.69) is 10.3 Å². The van der Waals surface area contributed by atoms with Gasteiger partial charge in [-0.15, -0.1) is 0 Å². The van der Waals surface area contributed by atoms with E-state index in [1.165, 1.54) is 0 Å². The molecular weight excluding hydrogens is 236 g/mol. The van der Waals surface area contributed by atoms with Crippen molar-refractivity contribution in [2.45, 2.75) is 19.3 Å². The molecule has 2 heterocycles. The van der Waals surface area contributed by atoms with E-state index in [1.807, 2.05) is 36.4 Å². The lowest BCUT2D eigenvalue weighted by Gasteiger charge is -2.21. The molecule has 1 atom stereocenters. The molecule has 0 aliphatic carbocycles. The Balaban J connectivity index is 1.75. The van der Waals surface area contributed by atoms with Gasteiger partial charge in [0.2, 0.25) is 0 Å². The fraction of sp³-hybridized carbons (Fsp3) is 0.375. The van der Waals surface area contributed by atoms with Gasteiger partial charge in [0.25, 0.3) is 0 Å². The van der Waals surface area contributed by atoms with Crippen LogP contribution < -0.4 is 5.32 Å². The third-order valence-corrected chi connectivity index (χ3v) is 3.76. The van der Waals surface area contributed by atoms with Crippen molar-refractivity contribution >= 4 is 16.7 Å². The first-order valence-electron chi connectivity index (χ1n) is 6.91. The Morgan fingerprint density at radius 3 is 3.00 bits per heavy atom. The predicted octanol–water partition coefficient (Wildman–Crippen LogP) is 2.35. The van der Waals surface area contributed by atoms with E-state index in [1.54, 1.807) is 0 Å². The van der Waals surface area contributed by atoms with Crippen molar-refractivity contribution in [1.82, 2.24) is 10.3 Å². The van der Waals surface area contributed by atoms with Crippen molar-refractivity contribution in [3.8, 4) is 0 Å². The van der Waals surface area contributed by atoms with Crippen LogP contribution >= 0.6 is 0 Å². The molecule has 0 spiro atoms. The van der Waals surface area contributed by atoms with Crippen molar-refractivity contribution in [2.75, 3.05) is 13.1 Å². The summed E-state index contributed by atoms with van der Waals surface area (Å²) >= 11 is 0. The van der Waals surface area contributed by atoms with E-state index in [0.29, 0.717) is 12.2 Å². The second kappa shape index (κ2) is 5.49. The molecule has 1 aliphatic heterocycles. The third-order valence-electron chi connectivity index (χ3n) is 3.76. The maximum absolute atomic E-state index is 12.2. The summed E-state index contributed by atoms with van der Waals surface area (Å²) in [4.78, 5) is 16.8. The number of carbonyl (C=O) groups excluding carboxylic acids is 1. The molecule has 1 aromatic heterocycles. The molecule has 19 heavy (non-hydrogen) atoms. The van der Waals surface area contributed by atoms with E-state index < -0.39 is 0 Å². The van der Waals surface area contributed by atoms with Gasteiger partial charge < -0.3 is 5.32 Å². The lowest BCUT2D eigenvalue weighted by atomic mass is 9.92. The molecule has 0 saturated carbocycles. The number of nitrogens with zero attached hydrogens (tertiary/aromatic N) is 1. The van der Waals surface area contributed by atoms with Crippen LogP contribution in [0.5, 0.6) is 0 Å². The summed E-state index contributed by atoms with van der Waals surface area (Å²) in [5.74, 6) is 0.483. The Hall–Kier alpha value is -1.74. The molecule has 1 unspecified atom stereocenters. The van der Waals surface area contributed by atoms with Crippen LogP contribution in [0.1, 0.15) is 18.5 Å². The molecule has 3 rings (SSSR count). The monoisotopic (exact) mass is 254 g/mol. The highest BCUT2D eigenvalue weighted by Gasteiger charge is 2.21. The van der Waals surface area contributed by atoms with Crippen LogP contribution in [0.25, 0.3) is 10.9 Å². The minimum atomic E-state index is 0.169. The standard InChI is InChI=1S/C16H18N2O/c19-16(13-5-3-9-17-11-13)10-14-8-7-12-4-1-2-6-15(12)18-14/h1-2,4,6-8,13,17H,3,5,9-11H2. The minimum Gasteiger partial charge on any atom is -0.316 e. The van der Waals surface area contributed by atoms with Gasteiger partial charge in [0.05, 0.1) is 5.52 Å². The molecule has 3 heteroatoms. The number of hydrogen-bond acceptors (Lipinski definition) is 3. The SMILES string of the molecule is O=C(Cc1ccc2ccccc2n1)C1CCCNC1. The molecule has 3 nitrogen and oxygen atoms in total. The van der Waals surface area contributed by atoms with E-state index in [-0.39, 0.29) is 5.92 Å². The molecule has 0 amide bonds. The van der Waals surface area contributed by atoms with Gasteiger partial charge in [-0.25, -0.2) is 0 Å². The van der Waals surface area contributed by atoms with Crippen molar-refractivity contribution in [2.24, 2.45) is 5.92 Å². The normalized spacial score (nSPS) is 19.5. The van der Waals surface area contributed by atoms with Gasteiger partial charge in [-0.2, -0.15) is 0 Å². The first kappa shape index (κ1) is 12.3. The van der Waals surface area contributed by atoms with Gasteiger partial charge in [-0.3, -0.25) is 9.78 Å². The number of para-hydroxylation sites is 1. The van der Waals surface area contributed by atoms with Crippen molar-refractivity contribution in [3.05, 3.63) is 42.1 Å². The van der Waals surface area contributed by atoms with E-state index in [0.717, 1.165) is 42.5 Å². The summed E-state index contributed by atoms with van der Waals surface area (Å²) in [6.07, 6.45) is 2.57. The van der Waals surface area contributed by atoms with Crippen LogP contribution in [-0.2, 0) is 11.2 Å². The van der Waals surface area contributed by atoms with Crippen LogP contribution in [0, 0.1) is 5.92 Å². The topological polar surface area (TPSA) is 42.0 Å². The van der Waals surface area contributed by atoms with Gasteiger partial charge in [0, 0.05) is 30.0 Å². The average molecular weight is 254 g/mol. The zero-order valence-corrected chi connectivity index (χ0v) is 10.9. The number of benzene rings is 1. The number of fused-ring (bicyclic) bond motifs is 1. The zero-order chi connectivity index (χ0) is 13.1. The van der Waals surface area contributed by atoms with Gasteiger partial charge in [-0.1, -0.05) is 24.3 Å². The van der Waals surface area contributed by atoms with Crippen molar-refractivity contribution < 1.29 is 4.79 Å². The van der Waals surface area contributed by atoms with Crippen LogP contribution in [0.15, 0.2) is 36.4 Å². The van der Waals surface area contributed by atoms with Crippen LogP contribution in [0.2, 0.25) is 0 Å². The number of piperidine rings is 1. The summed E-state index contributed by atoms with van der Waals surface area (Å²) in [5.41, 5.74) is 1.85. The first-order valence-corrected chi connectivity index (χ1v) is 6.91. The lowest BCUT2D eigenvalue weighted by molar-refractivity contribution is -0.122. The Morgan fingerprint density at radius 2 is 2.16 bits per heavy atom. The quantitative estimate of drug-likeness (QED) is 0.914. The van der Waals surface area contributed by atoms with E-state index in [4.69, 9.17) is 0 Å². The van der Waals surface area contributed by atoms with Crippen molar-refractivity contribution in [1.29, 1.82) is 0 Å². The van der Waals surface area contributed by atoms with Gasteiger partial charge in [0.1, 0.15) is 5.78 Å². The Morgan fingerprint density at radius 1 is 1.26 bits per heavy atom. The fourth-order valence-electron chi connectivity index (χ4n) is 2.66. The average Bonchev–Trinajstić information content (AvgIpc) is 2.48. The Kier molecular flexibility index (Phi) is 3.56. The Labute approximate surface area is 113 Å². The second-order valence-electron chi connectivity index (χ2n) is 5.18. The van der Waals surface area contributed by atoms with Crippen LogP contribution in [0.4, 0.5) is 0 Å². The van der Waals surface area contributed by atoms with Gasteiger partial charge in [-0.05, 0) is 31.5 Å². The van der Waals surface area contributed by atoms with Crippen LogP contribution in [0.3, 0.4) is 0 Å².